The molecule has 0 bridgehead atoms. The molecule has 1 aromatic carbocycles. The first-order valence-electron chi connectivity index (χ1n) is 9.82. The van der Waals surface area contributed by atoms with Crippen LogP contribution >= 0.6 is 0 Å². The summed E-state index contributed by atoms with van der Waals surface area (Å²) in [4.78, 5) is 40.9. The van der Waals surface area contributed by atoms with Crippen LogP contribution in [-0.2, 0) is 39.0 Å². The first-order valence-corrected chi connectivity index (χ1v) is 11.6. The fourth-order valence-electron chi connectivity index (χ4n) is 5.34. The largest absolute Gasteiger partial charge is 0.493 e. The second kappa shape index (κ2) is 7.31. The molecule has 1 saturated carbocycles. The van der Waals surface area contributed by atoms with Crippen LogP contribution in [0.4, 0.5) is 0 Å². The standard InChI is InChI=1S/C21H23NO9S/c1-28-15-9-12-6-8-22-18(24)17(31-32(4,26)27)20(19(25)30-3)11-13(23)5-7-21(20,22)14(12)10-16(15)29-2/h6,8-10,17H,5,7,11H2,1-4H3/t17-,20-,21+/m0/s1. The number of hydrogen-bond acceptors (Lipinski definition) is 9. The molecular formula is C21H23NO9S. The Labute approximate surface area is 185 Å². The van der Waals surface area contributed by atoms with E-state index < -0.39 is 45.5 Å². The zero-order valence-electron chi connectivity index (χ0n) is 18.0. The van der Waals surface area contributed by atoms with Crippen LogP contribution < -0.4 is 9.47 Å². The summed E-state index contributed by atoms with van der Waals surface area (Å²) < 4.78 is 45.3. The van der Waals surface area contributed by atoms with E-state index >= 15 is 0 Å². The van der Waals surface area contributed by atoms with Gasteiger partial charge in [-0.2, -0.15) is 8.42 Å². The maximum Gasteiger partial charge on any atom is 0.318 e. The van der Waals surface area contributed by atoms with Crippen molar-refractivity contribution in [2.45, 2.75) is 30.9 Å². The van der Waals surface area contributed by atoms with Crippen molar-refractivity contribution >= 4 is 33.9 Å². The number of carbonyl (C=O) groups is 3. The Balaban J connectivity index is 2.09. The first-order chi connectivity index (χ1) is 15.1. The lowest BCUT2D eigenvalue weighted by molar-refractivity contribution is -0.171. The van der Waals surface area contributed by atoms with E-state index in [0.29, 0.717) is 22.6 Å². The number of esters is 1. The Kier molecular flexibility index (Phi) is 5.09. The molecular weight excluding hydrogens is 442 g/mol. The Morgan fingerprint density at radius 3 is 2.38 bits per heavy atom. The molecule has 0 N–H and O–H groups in total. The van der Waals surface area contributed by atoms with E-state index in [1.165, 1.54) is 25.3 Å². The highest BCUT2D eigenvalue weighted by atomic mass is 32.2. The van der Waals surface area contributed by atoms with Gasteiger partial charge in [0.2, 0.25) is 0 Å². The van der Waals surface area contributed by atoms with Crippen LogP contribution in [0.25, 0.3) is 6.08 Å². The Morgan fingerprint density at radius 2 is 1.78 bits per heavy atom. The van der Waals surface area contributed by atoms with Crippen molar-refractivity contribution in [3.8, 4) is 11.5 Å². The van der Waals surface area contributed by atoms with Crippen molar-refractivity contribution in [3.63, 3.8) is 0 Å². The molecule has 1 amide bonds. The lowest BCUT2D eigenvalue weighted by Crippen LogP contribution is -2.61. The topological polar surface area (TPSA) is 126 Å². The molecule has 3 atom stereocenters. The van der Waals surface area contributed by atoms with Gasteiger partial charge in [-0.15, -0.1) is 0 Å². The summed E-state index contributed by atoms with van der Waals surface area (Å²) in [7, 11) is -0.112. The van der Waals surface area contributed by atoms with Gasteiger partial charge in [0.15, 0.2) is 17.6 Å². The number of ketones is 1. The van der Waals surface area contributed by atoms with Crippen molar-refractivity contribution in [1.29, 1.82) is 0 Å². The van der Waals surface area contributed by atoms with Gasteiger partial charge >= 0.3 is 5.97 Å². The molecule has 2 fully saturated rings. The average Bonchev–Trinajstić information content (AvgIpc) is 2.96. The normalized spacial score (nSPS) is 28.6. The summed E-state index contributed by atoms with van der Waals surface area (Å²) in [6, 6.07) is 3.35. The minimum atomic E-state index is -4.17. The monoisotopic (exact) mass is 465 g/mol. The van der Waals surface area contributed by atoms with Gasteiger partial charge in [0.25, 0.3) is 16.0 Å². The fraction of sp³-hybridized carbons (Fsp3) is 0.476. The highest BCUT2D eigenvalue weighted by Crippen LogP contribution is 2.64. The molecule has 11 heteroatoms. The summed E-state index contributed by atoms with van der Waals surface area (Å²) in [5, 5.41) is 0. The van der Waals surface area contributed by atoms with E-state index in [-0.39, 0.29) is 18.6 Å². The van der Waals surface area contributed by atoms with E-state index in [9.17, 15) is 22.8 Å². The molecule has 0 radical (unpaired) electrons. The van der Waals surface area contributed by atoms with Crippen molar-refractivity contribution in [3.05, 3.63) is 29.5 Å². The molecule has 10 nitrogen and oxygen atoms in total. The van der Waals surface area contributed by atoms with Crippen molar-refractivity contribution < 1.29 is 41.2 Å². The van der Waals surface area contributed by atoms with Gasteiger partial charge in [0, 0.05) is 19.0 Å². The van der Waals surface area contributed by atoms with Crippen LogP contribution in [0.2, 0.25) is 0 Å². The molecule has 2 aliphatic heterocycles. The number of methoxy groups -OCH3 is 3. The number of benzene rings is 1. The molecule has 0 aromatic heterocycles. The van der Waals surface area contributed by atoms with Crippen LogP contribution in [0.3, 0.4) is 0 Å². The number of fused-ring (bicyclic) bond motifs is 1. The van der Waals surface area contributed by atoms with Crippen molar-refractivity contribution in [1.82, 2.24) is 4.90 Å². The fourth-order valence-corrected chi connectivity index (χ4v) is 5.93. The number of carbonyl (C=O) groups excluding carboxylic acids is 3. The average molecular weight is 465 g/mol. The Hall–Kier alpha value is -2.92. The highest BCUT2D eigenvalue weighted by molar-refractivity contribution is 7.86. The summed E-state index contributed by atoms with van der Waals surface area (Å²) in [5.74, 6) is -1.15. The van der Waals surface area contributed by atoms with Crippen LogP contribution in [0.15, 0.2) is 18.3 Å². The van der Waals surface area contributed by atoms with Crippen molar-refractivity contribution in [2.24, 2.45) is 5.41 Å². The Bertz CT molecular complexity index is 1160. The number of Topliss-reactive ketones (excluding diaryl/α,β-unsaturated/α-hetero) is 1. The van der Waals surface area contributed by atoms with E-state index in [0.717, 1.165) is 13.4 Å². The number of hydrogen-bond donors (Lipinski definition) is 0. The van der Waals surface area contributed by atoms with Crippen LogP contribution in [-0.4, -0.2) is 64.7 Å². The summed E-state index contributed by atoms with van der Waals surface area (Å²) >= 11 is 0. The van der Waals surface area contributed by atoms with E-state index in [2.05, 4.69) is 0 Å². The first kappa shape index (κ1) is 22.3. The molecule has 172 valence electrons. The van der Waals surface area contributed by atoms with Crippen LogP contribution in [0.5, 0.6) is 11.5 Å². The predicted molar refractivity (Wildman–Crippen MR) is 110 cm³/mol. The lowest BCUT2D eigenvalue weighted by Gasteiger charge is -2.51. The van der Waals surface area contributed by atoms with Crippen molar-refractivity contribution in [2.75, 3.05) is 27.6 Å². The lowest BCUT2D eigenvalue weighted by atomic mass is 9.56. The minimum Gasteiger partial charge on any atom is -0.493 e. The second-order valence-electron chi connectivity index (χ2n) is 8.04. The van der Waals surface area contributed by atoms with E-state index in [4.69, 9.17) is 18.4 Å². The summed E-state index contributed by atoms with van der Waals surface area (Å²) in [6.07, 6.45) is 1.90. The van der Waals surface area contributed by atoms with Gasteiger partial charge in [0.1, 0.15) is 11.2 Å². The van der Waals surface area contributed by atoms with Crippen LogP contribution in [0.1, 0.15) is 30.4 Å². The summed E-state index contributed by atoms with van der Waals surface area (Å²) in [5.41, 5.74) is -2.18. The quantitative estimate of drug-likeness (QED) is 0.462. The number of nitrogens with zero attached hydrogens (tertiary/aromatic N) is 1. The second-order valence-corrected chi connectivity index (χ2v) is 9.64. The molecule has 1 spiro atoms. The highest BCUT2D eigenvalue weighted by Gasteiger charge is 2.76. The van der Waals surface area contributed by atoms with Crippen LogP contribution in [0, 0.1) is 5.41 Å². The SMILES string of the molecule is COC(=O)[C@@]12CC(=O)CC[C@@]13c1cc(OC)c(OC)cc1C=CN3C(=O)[C@@H]2OS(C)(=O)=O. The molecule has 1 saturated heterocycles. The van der Waals surface area contributed by atoms with Gasteiger partial charge in [-0.05, 0) is 35.8 Å². The third-order valence-corrected chi connectivity index (χ3v) is 7.07. The predicted octanol–water partition coefficient (Wildman–Crippen LogP) is 0.983. The van der Waals surface area contributed by atoms with Gasteiger partial charge in [-0.1, -0.05) is 0 Å². The van der Waals surface area contributed by atoms with E-state index in [1.807, 2.05) is 0 Å². The maximum atomic E-state index is 13.5. The Morgan fingerprint density at radius 1 is 1.12 bits per heavy atom. The number of ether oxygens (including phenoxy) is 3. The number of amides is 1. The maximum absolute atomic E-state index is 13.5. The molecule has 4 rings (SSSR count). The third kappa shape index (κ3) is 2.80. The molecule has 3 aliphatic rings. The molecule has 32 heavy (non-hydrogen) atoms. The molecule has 1 aromatic rings. The van der Waals surface area contributed by atoms with Gasteiger partial charge in [0.05, 0.1) is 33.1 Å². The van der Waals surface area contributed by atoms with Gasteiger partial charge < -0.3 is 19.1 Å². The van der Waals surface area contributed by atoms with Gasteiger partial charge in [-0.25, -0.2) is 0 Å². The zero-order valence-corrected chi connectivity index (χ0v) is 18.9. The number of rotatable bonds is 5. The summed E-state index contributed by atoms with van der Waals surface area (Å²) in [6.45, 7) is 0. The molecule has 2 heterocycles. The van der Waals surface area contributed by atoms with E-state index in [1.54, 1.807) is 18.2 Å². The third-order valence-electron chi connectivity index (χ3n) is 6.53. The minimum absolute atomic E-state index is 0.0725. The van der Waals surface area contributed by atoms with Gasteiger partial charge in [-0.3, -0.25) is 18.6 Å². The zero-order chi connectivity index (χ0) is 23.5. The molecule has 0 unspecified atom stereocenters. The smallest absolute Gasteiger partial charge is 0.318 e. The molecule has 1 aliphatic carbocycles.